The second-order valence-electron chi connectivity index (χ2n) is 7.94. The van der Waals surface area contributed by atoms with Crippen molar-refractivity contribution in [1.82, 2.24) is 14.1 Å². The Morgan fingerprint density at radius 3 is 2.54 bits per heavy atom. The molecule has 0 aliphatic heterocycles. The summed E-state index contributed by atoms with van der Waals surface area (Å²) in [6.45, 7) is 3.56. The Labute approximate surface area is 199 Å². The zero-order chi connectivity index (χ0) is 25.5. The van der Waals surface area contributed by atoms with Crippen molar-refractivity contribution in [3.63, 3.8) is 0 Å². The number of amides is 1. The summed E-state index contributed by atoms with van der Waals surface area (Å²) in [5.74, 6) is -2.08. The van der Waals surface area contributed by atoms with Gasteiger partial charge in [0.15, 0.2) is 17.9 Å². The molecule has 0 aliphatic carbocycles. The third kappa shape index (κ3) is 5.70. The number of rotatable bonds is 11. The van der Waals surface area contributed by atoms with Gasteiger partial charge in [-0.05, 0) is 25.0 Å². The maximum absolute atomic E-state index is 13.0. The highest BCUT2D eigenvalue weighted by Crippen LogP contribution is 2.18. The third-order valence-corrected chi connectivity index (χ3v) is 5.44. The van der Waals surface area contributed by atoms with Crippen molar-refractivity contribution in [3.8, 4) is 0 Å². The van der Waals surface area contributed by atoms with Crippen LogP contribution in [-0.2, 0) is 27.4 Å². The van der Waals surface area contributed by atoms with Gasteiger partial charge in [0, 0.05) is 19.6 Å². The van der Waals surface area contributed by atoms with E-state index in [1.165, 1.54) is 9.13 Å². The number of aromatic nitrogens is 3. The molecule has 12 nitrogen and oxygen atoms in total. The first-order valence-electron chi connectivity index (χ1n) is 11.4. The van der Waals surface area contributed by atoms with Gasteiger partial charge in [-0.2, -0.15) is 0 Å². The number of aromatic amines is 1. The van der Waals surface area contributed by atoms with Crippen LogP contribution in [0.2, 0.25) is 0 Å². The number of nitrogens with one attached hydrogen (secondary N) is 1. The van der Waals surface area contributed by atoms with E-state index in [-0.39, 0.29) is 37.6 Å². The van der Waals surface area contributed by atoms with Crippen LogP contribution in [-0.4, -0.2) is 39.1 Å². The van der Waals surface area contributed by atoms with E-state index in [0.717, 1.165) is 11.3 Å². The number of nitrogens with zero attached hydrogens (tertiary/aromatic N) is 3. The fourth-order valence-electron chi connectivity index (χ4n) is 3.68. The van der Waals surface area contributed by atoms with Crippen molar-refractivity contribution in [2.45, 2.75) is 52.6 Å². The van der Waals surface area contributed by atoms with Crippen molar-refractivity contribution in [2.75, 3.05) is 23.8 Å². The number of ether oxygens (including phenoxy) is 1. The first-order chi connectivity index (χ1) is 16.8. The molecule has 12 heteroatoms. The number of anilines is 2. The average molecular weight is 488 g/mol. The van der Waals surface area contributed by atoms with Crippen LogP contribution < -0.4 is 27.6 Å². The fraction of sp³-hybridized carbons (Fsp3) is 0.435. The van der Waals surface area contributed by atoms with Gasteiger partial charge in [-0.1, -0.05) is 32.4 Å². The Kier molecular flexibility index (Phi) is 8.29. The summed E-state index contributed by atoms with van der Waals surface area (Å²) in [6, 6.07) is 6.81. The number of oxazole rings is 1. The molecule has 2 heterocycles. The normalized spacial score (nSPS) is 11.0. The van der Waals surface area contributed by atoms with Gasteiger partial charge in [-0.15, -0.1) is 0 Å². The summed E-state index contributed by atoms with van der Waals surface area (Å²) in [5, 5.41) is 0. The van der Waals surface area contributed by atoms with E-state index in [2.05, 4.69) is 4.98 Å². The molecule has 3 aromatic rings. The number of aryl methyl sites for hydroxylation is 1. The molecule has 2 aromatic heterocycles. The molecule has 1 aromatic carbocycles. The second-order valence-corrected chi connectivity index (χ2v) is 7.94. The topological polar surface area (TPSA) is 163 Å². The van der Waals surface area contributed by atoms with E-state index in [4.69, 9.17) is 14.9 Å². The van der Waals surface area contributed by atoms with Crippen LogP contribution in [0, 0.1) is 0 Å². The van der Waals surface area contributed by atoms with Crippen molar-refractivity contribution in [2.24, 2.45) is 0 Å². The van der Waals surface area contributed by atoms with E-state index in [9.17, 15) is 24.0 Å². The van der Waals surface area contributed by atoms with Crippen molar-refractivity contribution in [3.05, 3.63) is 55.7 Å². The summed E-state index contributed by atoms with van der Waals surface area (Å²) < 4.78 is 12.8. The molecule has 188 valence electrons. The number of hydrogen-bond donors (Lipinski definition) is 2. The zero-order valence-corrected chi connectivity index (χ0v) is 19.7. The number of carbonyl (C=O) groups is 2. The molecule has 0 aliphatic rings. The summed E-state index contributed by atoms with van der Waals surface area (Å²) in [7, 11) is 0. The SMILES string of the molecule is CCCCN(C(=O)COC(=O)CCn1c(=O)oc2ccccc21)c1c(N)n(CCC)c(=O)[nH]c1=O. The average Bonchev–Trinajstić information content (AvgIpc) is 3.15. The molecule has 0 bridgehead atoms. The predicted molar refractivity (Wildman–Crippen MR) is 129 cm³/mol. The number of nitrogen functional groups attached to an aromatic ring is 1. The molecule has 3 rings (SSSR count). The third-order valence-electron chi connectivity index (χ3n) is 5.44. The first-order valence-corrected chi connectivity index (χ1v) is 11.4. The summed E-state index contributed by atoms with van der Waals surface area (Å²) >= 11 is 0. The van der Waals surface area contributed by atoms with Gasteiger partial charge in [-0.3, -0.25) is 28.5 Å². The minimum atomic E-state index is -0.790. The highest BCUT2D eigenvalue weighted by Gasteiger charge is 2.25. The van der Waals surface area contributed by atoms with E-state index < -0.39 is 35.5 Å². The lowest BCUT2D eigenvalue weighted by atomic mass is 10.2. The molecule has 0 saturated heterocycles. The number of carbonyl (C=O) groups excluding carboxylic acids is 2. The lowest BCUT2D eigenvalue weighted by Gasteiger charge is -2.24. The number of hydrogen-bond acceptors (Lipinski definition) is 8. The summed E-state index contributed by atoms with van der Waals surface area (Å²) in [6.07, 6.45) is 1.70. The summed E-state index contributed by atoms with van der Waals surface area (Å²) in [5.41, 5.74) is 5.45. The number of para-hydroxylation sites is 2. The van der Waals surface area contributed by atoms with Gasteiger partial charge in [0.2, 0.25) is 0 Å². The van der Waals surface area contributed by atoms with Crippen LogP contribution in [0.25, 0.3) is 11.1 Å². The predicted octanol–water partition coefficient (Wildman–Crippen LogP) is 1.20. The van der Waals surface area contributed by atoms with Crippen molar-refractivity contribution < 1.29 is 18.7 Å². The molecule has 0 unspecified atom stereocenters. The second kappa shape index (κ2) is 11.4. The Balaban J connectivity index is 1.72. The van der Waals surface area contributed by atoms with Gasteiger partial charge >= 0.3 is 17.4 Å². The maximum atomic E-state index is 13.0. The number of benzene rings is 1. The van der Waals surface area contributed by atoms with Crippen LogP contribution in [0.1, 0.15) is 39.5 Å². The molecule has 0 saturated carbocycles. The van der Waals surface area contributed by atoms with Gasteiger partial charge in [0.25, 0.3) is 11.5 Å². The molecule has 0 fully saturated rings. The van der Waals surface area contributed by atoms with Crippen LogP contribution in [0.15, 0.2) is 43.1 Å². The summed E-state index contributed by atoms with van der Waals surface area (Å²) in [4.78, 5) is 65.3. The van der Waals surface area contributed by atoms with Crippen LogP contribution in [0.4, 0.5) is 11.5 Å². The monoisotopic (exact) mass is 487 g/mol. The lowest BCUT2D eigenvalue weighted by molar-refractivity contribution is -0.148. The number of fused-ring (bicyclic) bond motifs is 1. The number of esters is 1. The highest BCUT2D eigenvalue weighted by atomic mass is 16.5. The zero-order valence-electron chi connectivity index (χ0n) is 19.7. The van der Waals surface area contributed by atoms with Crippen LogP contribution in [0.5, 0.6) is 0 Å². The highest BCUT2D eigenvalue weighted by molar-refractivity contribution is 5.97. The molecule has 1 amide bonds. The maximum Gasteiger partial charge on any atom is 0.419 e. The van der Waals surface area contributed by atoms with Gasteiger partial charge in [-0.25, -0.2) is 9.59 Å². The molecule has 0 atom stereocenters. The number of unbranched alkanes of at least 4 members (excludes halogenated alkanes) is 1. The van der Waals surface area contributed by atoms with Gasteiger partial charge in [0.05, 0.1) is 11.9 Å². The Bertz CT molecular complexity index is 1380. The Hall–Kier alpha value is -4.09. The van der Waals surface area contributed by atoms with E-state index in [1.807, 2.05) is 13.8 Å². The van der Waals surface area contributed by atoms with E-state index in [1.54, 1.807) is 24.3 Å². The molecular weight excluding hydrogens is 458 g/mol. The standard InChI is InChI=1S/C23H29N5O7/c1-3-5-12-27(19-20(24)28(11-4-2)22(32)25-21(19)31)17(29)14-34-18(30)10-13-26-15-8-6-7-9-16(15)35-23(26)33/h6-9H,3-5,10-14,24H2,1-2H3,(H,25,31,32). The smallest absolute Gasteiger partial charge is 0.419 e. The van der Waals surface area contributed by atoms with Crippen molar-refractivity contribution >= 4 is 34.5 Å². The Morgan fingerprint density at radius 2 is 1.83 bits per heavy atom. The fourth-order valence-corrected chi connectivity index (χ4v) is 3.68. The van der Waals surface area contributed by atoms with Crippen LogP contribution in [0.3, 0.4) is 0 Å². The molecule has 0 spiro atoms. The molecule has 35 heavy (non-hydrogen) atoms. The minimum Gasteiger partial charge on any atom is -0.455 e. The Morgan fingerprint density at radius 1 is 1.09 bits per heavy atom. The lowest BCUT2D eigenvalue weighted by Crippen LogP contribution is -2.43. The molecular formula is C23H29N5O7. The molecule has 3 N–H and O–H groups in total. The van der Waals surface area contributed by atoms with Gasteiger partial charge in [0.1, 0.15) is 5.82 Å². The minimum absolute atomic E-state index is 0.0109. The van der Waals surface area contributed by atoms with E-state index in [0.29, 0.717) is 23.9 Å². The van der Waals surface area contributed by atoms with Crippen molar-refractivity contribution in [1.29, 1.82) is 0 Å². The van der Waals surface area contributed by atoms with Crippen LogP contribution >= 0.6 is 0 Å². The quantitative estimate of drug-likeness (QED) is 0.381. The number of nitrogens with two attached hydrogens (primary N) is 1. The number of H-pyrrole nitrogens is 1. The van der Waals surface area contributed by atoms with E-state index >= 15 is 0 Å². The first kappa shape index (κ1) is 25.5. The largest absolute Gasteiger partial charge is 0.455 e. The molecule has 0 radical (unpaired) electrons. The van der Waals surface area contributed by atoms with Gasteiger partial charge < -0.3 is 19.8 Å².